The minimum absolute atomic E-state index is 0.0718. The zero-order valence-electron chi connectivity index (χ0n) is 21.5. The first-order valence-electron chi connectivity index (χ1n) is 12.3. The number of carbonyl (C=O) groups is 1. The van der Waals surface area contributed by atoms with Gasteiger partial charge in [0, 0.05) is 26.2 Å². The maximum absolute atomic E-state index is 11.7. The highest BCUT2D eigenvalue weighted by Crippen LogP contribution is 2.42. The van der Waals surface area contributed by atoms with Crippen LogP contribution in [0.15, 0.2) is 18.3 Å². The van der Waals surface area contributed by atoms with E-state index in [-0.39, 0.29) is 53.5 Å². The fourth-order valence-electron chi connectivity index (χ4n) is 4.63. The standard InChI is InChI=1S/C23H24ClN10O6P/c1-32(23(35)36)16-4-5-33(11-18(16)40-41(37,38)39)17-7-12(8-25)6-15(19(17)24)29-22-30-20(28-13-2-3-13)21-27-10-14(9-26)34(21)31-22/h6-7,10,13,16,18H,2-5,11H2,1H3,(H,35,36)(H2,37,38,39)(H2,28,29,30,31)/t16-,18-/m1/s1. The second-order valence-corrected chi connectivity index (χ2v) is 11.2. The Morgan fingerprint density at radius 1 is 1.27 bits per heavy atom. The van der Waals surface area contributed by atoms with Crippen LogP contribution in [0.25, 0.3) is 5.65 Å². The van der Waals surface area contributed by atoms with E-state index < -0.39 is 26.1 Å². The van der Waals surface area contributed by atoms with E-state index in [4.69, 9.17) is 16.1 Å². The number of hydrogen-bond acceptors (Lipinski definition) is 11. The summed E-state index contributed by atoms with van der Waals surface area (Å²) < 4.78 is 18.0. The van der Waals surface area contributed by atoms with Crippen LogP contribution >= 0.6 is 19.4 Å². The monoisotopic (exact) mass is 602 g/mol. The van der Waals surface area contributed by atoms with E-state index in [1.54, 1.807) is 4.90 Å². The van der Waals surface area contributed by atoms with Gasteiger partial charge in [0.2, 0.25) is 5.95 Å². The highest BCUT2D eigenvalue weighted by Gasteiger charge is 2.39. The molecule has 0 bridgehead atoms. The molecular weight excluding hydrogens is 579 g/mol. The van der Waals surface area contributed by atoms with Gasteiger partial charge in [0.15, 0.2) is 17.2 Å². The van der Waals surface area contributed by atoms with Gasteiger partial charge in [-0.25, -0.2) is 14.3 Å². The number of aromatic nitrogens is 4. The Morgan fingerprint density at radius 2 is 2.02 bits per heavy atom. The first kappa shape index (κ1) is 28.4. The van der Waals surface area contributed by atoms with E-state index in [0.717, 1.165) is 17.7 Å². The van der Waals surface area contributed by atoms with Gasteiger partial charge in [-0.15, -0.1) is 5.10 Å². The van der Waals surface area contributed by atoms with Crippen molar-refractivity contribution in [3.05, 3.63) is 34.6 Å². The van der Waals surface area contributed by atoms with E-state index in [9.17, 15) is 34.8 Å². The molecule has 18 heteroatoms. The molecule has 2 aromatic heterocycles. The van der Waals surface area contributed by atoms with Crippen LogP contribution in [0.1, 0.15) is 30.5 Å². The Balaban J connectivity index is 1.49. The van der Waals surface area contributed by atoms with Crippen molar-refractivity contribution in [3.63, 3.8) is 0 Å². The summed E-state index contributed by atoms with van der Waals surface area (Å²) >= 11 is 6.79. The number of likely N-dealkylation sites (N-methyl/N-ethyl adjacent to an activating group) is 1. The zero-order chi connectivity index (χ0) is 29.5. The molecule has 3 heterocycles. The number of rotatable bonds is 8. The number of imidazole rings is 1. The first-order chi connectivity index (χ1) is 19.5. The van der Waals surface area contributed by atoms with Crippen molar-refractivity contribution < 1.29 is 28.8 Å². The Bertz CT molecular complexity index is 1640. The van der Waals surface area contributed by atoms with Crippen LogP contribution in [0.5, 0.6) is 0 Å². The van der Waals surface area contributed by atoms with Gasteiger partial charge in [-0.3, -0.25) is 4.52 Å². The summed E-state index contributed by atoms with van der Waals surface area (Å²) in [5.41, 5.74) is 1.38. The van der Waals surface area contributed by atoms with E-state index in [2.05, 4.69) is 31.8 Å². The molecule has 1 aromatic carbocycles. The van der Waals surface area contributed by atoms with E-state index in [0.29, 0.717) is 17.2 Å². The average Bonchev–Trinajstić information content (AvgIpc) is 3.64. The van der Waals surface area contributed by atoms with Crippen LogP contribution in [-0.2, 0) is 9.09 Å². The van der Waals surface area contributed by atoms with Gasteiger partial charge in [-0.05, 0) is 31.4 Å². The average molecular weight is 603 g/mol. The molecule has 1 aliphatic carbocycles. The number of carboxylic acid groups (broad SMARTS) is 1. The first-order valence-corrected chi connectivity index (χ1v) is 14.3. The van der Waals surface area contributed by atoms with Crippen LogP contribution in [0.2, 0.25) is 5.02 Å². The van der Waals surface area contributed by atoms with Gasteiger partial charge in [-0.1, -0.05) is 11.6 Å². The largest absolute Gasteiger partial charge is 0.469 e. The number of anilines is 4. The molecule has 2 fully saturated rings. The lowest BCUT2D eigenvalue weighted by atomic mass is 9.99. The molecule has 2 aliphatic rings. The number of nitrogens with one attached hydrogen (secondary N) is 2. The van der Waals surface area contributed by atoms with E-state index >= 15 is 0 Å². The van der Waals surface area contributed by atoms with Gasteiger partial charge in [0.05, 0.1) is 40.3 Å². The molecule has 214 valence electrons. The minimum atomic E-state index is -4.97. The molecule has 1 saturated carbocycles. The van der Waals surface area contributed by atoms with Crippen molar-refractivity contribution in [2.45, 2.75) is 37.5 Å². The molecule has 1 saturated heterocycles. The highest BCUT2D eigenvalue weighted by atomic mass is 35.5. The molecule has 1 aliphatic heterocycles. The van der Waals surface area contributed by atoms with Crippen molar-refractivity contribution in [3.8, 4) is 12.1 Å². The second kappa shape index (κ2) is 11.0. The van der Waals surface area contributed by atoms with Crippen LogP contribution in [0.4, 0.5) is 27.9 Å². The normalized spacial score (nSPS) is 18.9. The number of fused-ring (bicyclic) bond motifs is 1. The van der Waals surface area contributed by atoms with Crippen LogP contribution in [0, 0.1) is 22.7 Å². The Hall–Kier alpha value is -4.18. The van der Waals surface area contributed by atoms with Crippen LogP contribution < -0.4 is 15.5 Å². The quantitative estimate of drug-likeness (QED) is 0.233. The molecule has 0 spiro atoms. The van der Waals surface area contributed by atoms with Crippen molar-refractivity contribution in [2.75, 3.05) is 35.7 Å². The molecule has 41 heavy (non-hydrogen) atoms. The number of nitrogens with zero attached hydrogens (tertiary/aromatic N) is 8. The molecule has 0 unspecified atom stereocenters. The smallest absolute Gasteiger partial charge is 0.465 e. The summed E-state index contributed by atoms with van der Waals surface area (Å²) in [6, 6.07) is 6.48. The van der Waals surface area contributed by atoms with Crippen LogP contribution in [-0.4, -0.2) is 83.8 Å². The molecule has 0 radical (unpaired) electrons. The third-order valence-electron chi connectivity index (χ3n) is 6.76. The molecule has 5 rings (SSSR count). The highest BCUT2D eigenvalue weighted by molar-refractivity contribution is 7.46. The number of halogens is 1. The maximum atomic E-state index is 11.7. The number of amides is 1. The summed E-state index contributed by atoms with van der Waals surface area (Å²) in [7, 11) is -3.67. The second-order valence-electron chi connectivity index (χ2n) is 9.62. The summed E-state index contributed by atoms with van der Waals surface area (Å²) in [4.78, 5) is 41.9. The number of phosphoric acid groups is 1. The fourth-order valence-corrected chi connectivity index (χ4v) is 5.47. The van der Waals surface area contributed by atoms with Crippen molar-refractivity contribution >= 4 is 54.3 Å². The predicted octanol–water partition coefficient (Wildman–Crippen LogP) is 2.51. The number of benzene rings is 1. The van der Waals surface area contributed by atoms with E-state index in [1.807, 2.05) is 6.07 Å². The third-order valence-corrected chi connectivity index (χ3v) is 7.70. The maximum Gasteiger partial charge on any atom is 0.469 e. The number of hydrogen-bond donors (Lipinski definition) is 5. The molecule has 1 amide bonds. The van der Waals surface area contributed by atoms with E-state index in [1.165, 1.54) is 29.9 Å². The minimum Gasteiger partial charge on any atom is -0.465 e. The Kier molecular flexibility index (Phi) is 7.61. The van der Waals surface area contributed by atoms with Gasteiger partial charge in [-0.2, -0.15) is 20.0 Å². The zero-order valence-corrected chi connectivity index (χ0v) is 23.1. The van der Waals surface area contributed by atoms with Crippen molar-refractivity contribution in [1.29, 1.82) is 10.5 Å². The predicted molar refractivity (Wildman–Crippen MR) is 145 cm³/mol. The van der Waals surface area contributed by atoms with Gasteiger partial charge < -0.3 is 35.3 Å². The molecule has 16 nitrogen and oxygen atoms in total. The third kappa shape index (κ3) is 6.12. The van der Waals surface area contributed by atoms with Crippen LogP contribution in [0.3, 0.4) is 0 Å². The lowest BCUT2D eigenvalue weighted by Crippen LogP contribution is -2.55. The lowest BCUT2D eigenvalue weighted by molar-refractivity contribution is 0.0441. The lowest BCUT2D eigenvalue weighted by Gasteiger charge is -2.42. The fraction of sp³-hybridized carbons (Fsp3) is 0.391. The molecule has 2 atom stereocenters. The van der Waals surface area contributed by atoms with Crippen molar-refractivity contribution in [1.82, 2.24) is 24.5 Å². The summed E-state index contributed by atoms with van der Waals surface area (Å²) in [6.45, 7) is 0.121. The number of nitriles is 2. The molecular formula is C23H24ClN10O6P. The molecule has 3 aromatic rings. The summed E-state index contributed by atoms with van der Waals surface area (Å²) in [5, 5.41) is 39.5. The van der Waals surface area contributed by atoms with Gasteiger partial charge in [0.1, 0.15) is 12.2 Å². The summed E-state index contributed by atoms with van der Waals surface area (Å²) in [5.74, 6) is 0.490. The Morgan fingerprint density at radius 3 is 2.66 bits per heavy atom. The summed E-state index contributed by atoms with van der Waals surface area (Å²) in [6.07, 6.45) is 1.01. The topological polar surface area (TPSA) is 225 Å². The molecule has 5 N–H and O–H groups in total. The van der Waals surface area contributed by atoms with Gasteiger partial charge in [0.25, 0.3) is 0 Å². The Labute approximate surface area is 238 Å². The van der Waals surface area contributed by atoms with Crippen molar-refractivity contribution in [2.24, 2.45) is 0 Å². The number of piperidine rings is 1. The SMILES string of the molecule is CN(C(=O)O)[C@@H]1CCN(c2cc(C#N)cc(Nc3nc(NC4CC4)c4ncc(C#N)n4n3)c2Cl)C[C@H]1OP(=O)(O)O. The van der Waals surface area contributed by atoms with Gasteiger partial charge >= 0.3 is 13.9 Å². The number of phosphoric ester groups is 1.